The van der Waals surface area contributed by atoms with E-state index in [1.54, 1.807) is 12.1 Å². The average molecular weight is 255 g/mol. The Morgan fingerprint density at radius 3 is 2.71 bits per heavy atom. The fraction of sp³-hybridized carbons (Fsp3) is 0.364. The summed E-state index contributed by atoms with van der Waals surface area (Å²) in [6, 6.07) is 6.07. The molecule has 0 heterocycles. The van der Waals surface area contributed by atoms with Gasteiger partial charge in [-0.2, -0.15) is 0 Å². The lowest BCUT2D eigenvalue weighted by Crippen LogP contribution is -2.25. The molecule has 1 aromatic rings. The highest BCUT2D eigenvalue weighted by atomic mass is 32.2. The van der Waals surface area contributed by atoms with E-state index in [0.717, 1.165) is 12.8 Å². The van der Waals surface area contributed by atoms with E-state index < -0.39 is 16.0 Å². The minimum absolute atomic E-state index is 0.0446. The van der Waals surface area contributed by atoms with E-state index in [0.29, 0.717) is 5.56 Å². The molecular formula is C11H13NO4S. The average Bonchev–Trinajstić information content (AvgIpc) is 3.00. The quantitative estimate of drug-likeness (QED) is 0.813. The smallest absolute Gasteiger partial charge is 0.307 e. The van der Waals surface area contributed by atoms with Crippen molar-refractivity contribution in [3.63, 3.8) is 0 Å². The molecule has 1 saturated carbocycles. The van der Waals surface area contributed by atoms with E-state index in [4.69, 9.17) is 5.11 Å². The Labute approximate surface area is 99.5 Å². The van der Waals surface area contributed by atoms with Crippen LogP contribution in [0.4, 0.5) is 0 Å². The van der Waals surface area contributed by atoms with Crippen LogP contribution in [-0.2, 0) is 21.2 Å². The second-order valence-electron chi connectivity index (χ2n) is 4.11. The van der Waals surface area contributed by atoms with E-state index in [2.05, 4.69) is 4.72 Å². The molecule has 2 N–H and O–H groups in total. The molecule has 0 unspecified atom stereocenters. The molecular weight excluding hydrogens is 242 g/mol. The summed E-state index contributed by atoms with van der Waals surface area (Å²) in [5, 5.41) is 8.65. The zero-order valence-electron chi connectivity index (χ0n) is 9.09. The van der Waals surface area contributed by atoms with E-state index in [1.807, 2.05) is 0 Å². The predicted octanol–water partition coefficient (Wildman–Crippen LogP) is 0.754. The third-order valence-electron chi connectivity index (χ3n) is 2.46. The first-order chi connectivity index (χ1) is 7.97. The Morgan fingerprint density at radius 2 is 2.12 bits per heavy atom. The van der Waals surface area contributed by atoms with E-state index in [1.165, 1.54) is 12.1 Å². The minimum Gasteiger partial charge on any atom is -0.481 e. The highest BCUT2D eigenvalue weighted by molar-refractivity contribution is 7.89. The predicted molar refractivity (Wildman–Crippen MR) is 61.1 cm³/mol. The minimum atomic E-state index is -3.50. The summed E-state index contributed by atoms with van der Waals surface area (Å²) in [6.07, 6.45) is 1.56. The van der Waals surface area contributed by atoms with Crippen molar-refractivity contribution in [2.24, 2.45) is 0 Å². The highest BCUT2D eigenvalue weighted by Crippen LogP contribution is 2.22. The summed E-state index contributed by atoms with van der Waals surface area (Å²) in [7, 11) is -3.50. The van der Waals surface area contributed by atoms with Gasteiger partial charge in [0.05, 0.1) is 11.3 Å². The van der Waals surface area contributed by atoms with Gasteiger partial charge < -0.3 is 5.11 Å². The molecule has 92 valence electrons. The van der Waals surface area contributed by atoms with Crippen LogP contribution in [0.25, 0.3) is 0 Å². The van der Waals surface area contributed by atoms with Crippen LogP contribution in [0.5, 0.6) is 0 Å². The molecule has 5 nitrogen and oxygen atoms in total. The van der Waals surface area contributed by atoms with Gasteiger partial charge in [-0.1, -0.05) is 12.1 Å². The number of carboxylic acids is 1. The zero-order valence-corrected chi connectivity index (χ0v) is 9.90. The summed E-state index contributed by atoms with van der Waals surface area (Å²) in [5.74, 6) is -0.977. The molecule has 0 saturated heterocycles. The SMILES string of the molecule is O=C(O)Cc1cccc(S(=O)(=O)NC2CC2)c1. The van der Waals surface area contributed by atoms with Gasteiger partial charge in [-0.15, -0.1) is 0 Å². The Kier molecular flexibility index (Phi) is 3.17. The van der Waals surface area contributed by atoms with Crippen LogP contribution in [0.15, 0.2) is 29.2 Å². The van der Waals surface area contributed by atoms with Crippen molar-refractivity contribution in [3.05, 3.63) is 29.8 Å². The molecule has 1 fully saturated rings. The van der Waals surface area contributed by atoms with Crippen molar-refractivity contribution < 1.29 is 18.3 Å². The maximum Gasteiger partial charge on any atom is 0.307 e. The number of hydrogen-bond donors (Lipinski definition) is 2. The number of sulfonamides is 1. The van der Waals surface area contributed by atoms with E-state index in [-0.39, 0.29) is 17.4 Å². The molecule has 1 aliphatic carbocycles. The molecule has 6 heteroatoms. The second kappa shape index (κ2) is 4.46. The topological polar surface area (TPSA) is 83.5 Å². The Hall–Kier alpha value is -1.40. The molecule has 0 radical (unpaired) electrons. The normalized spacial score (nSPS) is 15.8. The first-order valence-corrected chi connectivity index (χ1v) is 6.79. The Balaban J connectivity index is 2.22. The lowest BCUT2D eigenvalue weighted by molar-refractivity contribution is -0.136. The number of carboxylic acid groups (broad SMARTS) is 1. The van der Waals surface area contributed by atoms with Crippen molar-refractivity contribution >= 4 is 16.0 Å². The molecule has 0 aromatic heterocycles. The van der Waals surface area contributed by atoms with E-state index >= 15 is 0 Å². The van der Waals surface area contributed by atoms with Crippen LogP contribution >= 0.6 is 0 Å². The van der Waals surface area contributed by atoms with Gasteiger partial charge in [-0.05, 0) is 30.5 Å². The molecule has 0 spiro atoms. The lowest BCUT2D eigenvalue weighted by atomic mass is 10.2. The largest absolute Gasteiger partial charge is 0.481 e. The molecule has 0 amide bonds. The summed E-state index contributed by atoms with van der Waals surface area (Å²) < 4.78 is 26.3. The molecule has 1 aromatic carbocycles. The first-order valence-electron chi connectivity index (χ1n) is 5.30. The third-order valence-corrected chi connectivity index (χ3v) is 3.98. The monoisotopic (exact) mass is 255 g/mol. The van der Waals surface area contributed by atoms with Crippen LogP contribution in [0.1, 0.15) is 18.4 Å². The van der Waals surface area contributed by atoms with Gasteiger partial charge in [-0.25, -0.2) is 13.1 Å². The number of benzene rings is 1. The first kappa shape index (κ1) is 12.1. The van der Waals surface area contributed by atoms with Crippen LogP contribution in [0.3, 0.4) is 0 Å². The van der Waals surface area contributed by atoms with Crippen LogP contribution < -0.4 is 4.72 Å². The fourth-order valence-corrected chi connectivity index (χ4v) is 2.86. The maximum atomic E-state index is 11.9. The fourth-order valence-electron chi connectivity index (χ4n) is 1.49. The molecule has 0 aliphatic heterocycles. The molecule has 2 rings (SSSR count). The van der Waals surface area contributed by atoms with Crippen LogP contribution in [0.2, 0.25) is 0 Å². The molecule has 0 bridgehead atoms. The van der Waals surface area contributed by atoms with Gasteiger partial charge in [0.1, 0.15) is 0 Å². The van der Waals surface area contributed by atoms with Crippen molar-refractivity contribution in [1.82, 2.24) is 4.72 Å². The number of rotatable bonds is 5. The molecule has 0 atom stereocenters. The van der Waals surface area contributed by atoms with Crippen molar-refractivity contribution in [2.75, 3.05) is 0 Å². The van der Waals surface area contributed by atoms with Crippen molar-refractivity contribution in [2.45, 2.75) is 30.2 Å². The Bertz CT molecular complexity index is 534. The number of nitrogens with one attached hydrogen (secondary N) is 1. The lowest BCUT2D eigenvalue weighted by Gasteiger charge is -2.06. The molecule has 1 aliphatic rings. The van der Waals surface area contributed by atoms with Gasteiger partial charge >= 0.3 is 5.97 Å². The third kappa shape index (κ3) is 3.28. The zero-order chi connectivity index (χ0) is 12.5. The van der Waals surface area contributed by atoms with Crippen LogP contribution in [0, 0.1) is 0 Å². The summed E-state index contributed by atoms with van der Waals surface area (Å²) in [6.45, 7) is 0. The summed E-state index contributed by atoms with van der Waals surface area (Å²) in [4.78, 5) is 10.7. The van der Waals surface area contributed by atoms with Crippen LogP contribution in [-0.4, -0.2) is 25.5 Å². The second-order valence-corrected chi connectivity index (χ2v) is 5.83. The Morgan fingerprint density at radius 1 is 1.41 bits per heavy atom. The van der Waals surface area contributed by atoms with Gasteiger partial charge in [0.25, 0.3) is 0 Å². The summed E-state index contributed by atoms with van der Waals surface area (Å²) in [5.41, 5.74) is 0.483. The molecule has 17 heavy (non-hydrogen) atoms. The van der Waals surface area contributed by atoms with Gasteiger partial charge in [0, 0.05) is 6.04 Å². The summed E-state index contributed by atoms with van der Waals surface area (Å²) >= 11 is 0. The highest BCUT2D eigenvalue weighted by Gasteiger charge is 2.27. The van der Waals surface area contributed by atoms with Gasteiger partial charge in [0.15, 0.2) is 0 Å². The van der Waals surface area contributed by atoms with Crippen molar-refractivity contribution in [3.8, 4) is 0 Å². The number of hydrogen-bond acceptors (Lipinski definition) is 3. The van der Waals surface area contributed by atoms with Gasteiger partial charge in [0.2, 0.25) is 10.0 Å². The van der Waals surface area contributed by atoms with Crippen molar-refractivity contribution in [1.29, 1.82) is 0 Å². The number of aliphatic carboxylic acids is 1. The standard InChI is InChI=1S/C11H13NO4S/c13-11(14)7-8-2-1-3-10(6-8)17(15,16)12-9-4-5-9/h1-3,6,9,12H,4-5,7H2,(H,13,14). The van der Waals surface area contributed by atoms with E-state index in [9.17, 15) is 13.2 Å². The maximum absolute atomic E-state index is 11.9. The van der Waals surface area contributed by atoms with Gasteiger partial charge in [-0.3, -0.25) is 4.79 Å². The number of carbonyl (C=O) groups is 1.